The second-order valence-electron chi connectivity index (χ2n) is 4.43. The molecule has 2 aromatic rings. The van der Waals surface area contributed by atoms with E-state index < -0.39 is 17.5 Å². The van der Waals surface area contributed by atoms with E-state index in [1.165, 1.54) is 18.2 Å². The summed E-state index contributed by atoms with van der Waals surface area (Å²) in [5.41, 5.74) is 0.860. The first-order valence-electron chi connectivity index (χ1n) is 6.39. The van der Waals surface area contributed by atoms with E-state index in [1.54, 1.807) is 6.07 Å². The normalized spacial score (nSPS) is 12.4. The van der Waals surface area contributed by atoms with Crippen molar-refractivity contribution in [3.8, 4) is 0 Å². The van der Waals surface area contributed by atoms with E-state index in [0.29, 0.717) is 12.2 Å². The Hall–Kier alpha value is -1.88. The van der Waals surface area contributed by atoms with Crippen molar-refractivity contribution in [2.24, 2.45) is 0 Å². The highest BCUT2D eigenvalue weighted by atomic mass is 19.2. The van der Waals surface area contributed by atoms with Gasteiger partial charge < -0.3 is 5.32 Å². The minimum Gasteiger partial charge on any atom is -0.309 e. The number of hydrogen-bond acceptors (Lipinski definition) is 2. The van der Waals surface area contributed by atoms with E-state index in [4.69, 9.17) is 0 Å². The van der Waals surface area contributed by atoms with E-state index in [2.05, 4.69) is 10.3 Å². The van der Waals surface area contributed by atoms with Gasteiger partial charge in [-0.15, -0.1) is 0 Å². The number of hydrogen-bond donors (Lipinski definition) is 1. The Balaban J connectivity index is 2.25. The summed E-state index contributed by atoms with van der Waals surface area (Å²) >= 11 is 0. The number of nitrogens with zero attached hydrogens (tertiary/aromatic N) is 1. The summed E-state index contributed by atoms with van der Waals surface area (Å²) in [6.45, 7) is 2.54. The van der Waals surface area contributed by atoms with Crippen molar-refractivity contribution in [1.29, 1.82) is 0 Å². The maximum Gasteiger partial charge on any atom is 0.162 e. The predicted octanol–water partition coefficient (Wildman–Crippen LogP) is 3.39. The highest BCUT2D eigenvalue weighted by Gasteiger charge is 2.16. The van der Waals surface area contributed by atoms with Crippen molar-refractivity contribution in [3.05, 3.63) is 65.2 Å². The van der Waals surface area contributed by atoms with E-state index in [1.807, 2.05) is 6.92 Å². The number of nitrogens with one attached hydrogen (secondary N) is 1. The average Bonchev–Trinajstić information content (AvgIpc) is 2.44. The van der Waals surface area contributed by atoms with Gasteiger partial charge in [0.05, 0.1) is 17.9 Å². The Labute approximate surface area is 115 Å². The van der Waals surface area contributed by atoms with Crippen molar-refractivity contribution < 1.29 is 13.2 Å². The summed E-state index contributed by atoms with van der Waals surface area (Å²) in [6.07, 6.45) is 1.36. The molecule has 0 saturated carbocycles. The van der Waals surface area contributed by atoms with Crippen LogP contribution in [0.5, 0.6) is 0 Å². The van der Waals surface area contributed by atoms with Gasteiger partial charge in [0.15, 0.2) is 11.6 Å². The Kier molecular flexibility index (Phi) is 4.74. The molecule has 0 amide bonds. The molecule has 106 valence electrons. The van der Waals surface area contributed by atoms with Gasteiger partial charge in [0.1, 0.15) is 5.82 Å². The lowest BCUT2D eigenvalue weighted by atomic mass is 10.0. The first-order valence-corrected chi connectivity index (χ1v) is 6.39. The number of likely N-dealkylation sites (N-methyl/N-ethyl adjacent to an activating group) is 1. The SMILES string of the molecule is CCNC(Cc1cccc(F)c1F)c1ccc(F)cn1. The highest BCUT2D eigenvalue weighted by Crippen LogP contribution is 2.20. The molecule has 0 fully saturated rings. The zero-order chi connectivity index (χ0) is 14.5. The van der Waals surface area contributed by atoms with Gasteiger partial charge in [-0.25, -0.2) is 13.2 Å². The van der Waals surface area contributed by atoms with Gasteiger partial charge in [-0.2, -0.15) is 0 Å². The lowest BCUT2D eigenvalue weighted by molar-refractivity contribution is 0.477. The molecule has 5 heteroatoms. The monoisotopic (exact) mass is 280 g/mol. The van der Waals surface area contributed by atoms with Crippen LogP contribution >= 0.6 is 0 Å². The first kappa shape index (κ1) is 14.5. The van der Waals surface area contributed by atoms with Gasteiger partial charge in [-0.3, -0.25) is 4.98 Å². The van der Waals surface area contributed by atoms with E-state index in [0.717, 1.165) is 12.3 Å². The van der Waals surface area contributed by atoms with E-state index in [9.17, 15) is 13.2 Å². The summed E-state index contributed by atoms with van der Waals surface area (Å²) < 4.78 is 39.8. The maximum absolute atomic E-state index is 13.7. The van der Waals surface area contributed by atoms with Crippen LogP contribution in [0.3, 0.4) is 0 Å². The van der Waals surface area contributed by atoms with Crippen molar-refractivity contribution in [3.63, 3.8) is 0 Å². The summed E-state index contributed by atoms with van der Waals surface area (Å²) in [7, 11) is 0. The molecule has 2 nitrogen and oxygen atoms in total. The van der Waals surface area contributed by atoms with Crippen molar-refractivity contribution >= 4 is 0 Å². The molecule has 0 aliphatic carbocycles. The largest absolute Gasteiger partial charge is 0.309 e. The predicted molar refractivity (Wildman–Crippen MR) is 70.7 cm³/mol. The molecule has 0 radical (unpaired) electrons. The van der Waals surface area contributed by atoms with Crippen LogP contribution in [0, 0.1) is 17.5 Å². The van der Waals surface area contributed by atoms with Crippen LogP contribution in [0.2, 0.25) is 0 Å². The molecule has 1 aromatic heterocycles. The summed E-state index contributed by atoms with van der Waals surface area (Å²) in [6, 6.07) is 6.63. The van der Waals surface area contributed by atoms with Crippen LogP contribution in [0.15, 0.2) is 36.5 Å². The minimum atomic E-state index is -0.871. The molecule has 1 atom stereocenters. The lowest BCUT2D eigenvalue weighted by Gasteiger charge is -2.18. The quantitative estimate of drug-likeness (QED) is 0.908. The zero-order valence-electron chi connectivity index (χ0n) is 11.0. The smallest absolute Gasteiger partial charge is 0.162 e. The summed E-state index contributed by atoms with van der Waals surface area (Å²) in [5, 5.41) is 3.14. The number of rotatable bonds is 5. The van der Waals surface area contributed by atoms with Crippen LogP contribution in [0.25, 0.3) is 0 Å². The molecular formula is C15H15F3N2. The molecule has 0 aliphatic heterocycles. The second kappa shape index (κ2) is 6.52. The average molecular weight is 280 g/mol. The Bertz CT molecular complexity index is 570. The molecule has 0 bridgehead atoms. The Morgan fingerprint density at radius 3 is 2.60 bits per heavy atom. The zero-order valence-corrected chi connectivity index (χ0v) is 11.0. The number of benzene rings is 1. The summed E-state index contributed by atoms with van der Waals surface area (Å²) in [4.78, 5) is 3.99. The number of pyridine rings is 1. The van der Waals surface area contributed by atoms with Crippen LogP contribution in [-0.4, -0.2) is 11.5 Å². The highest BCUT2D eigenvalue weighted by molar-refractivity contribution is 5.22. The molecule has 1 heterocycles. The molecule has 2 rings (SSSR count). The second-order valence-corrected chi connectivity index (χ2v) is 4.43. The molecule has 0 saturated heterocycles. The van der Waals surface area contributed by atoms with Crippen LogP contribution in [0.1, 0.15) is 24.2 Å². The van der Waals surface area contributed by atoms with Gasteiger partial charge in [0.2, 0.25) is 0 Å². The molecule has 0 spiro atoms. The van der Waals surface area contributed by atoms with Crippen LogP contribution in [-0.2, 0) is 6.42 Å². The molecular weight excluding hydrogens is 265 g/mol. The molecule has 0 aliphatic rings. The van der Waals surface area contributed by atoms with Gasteiger partial charge in [-0.05, 0) is 36.7 Å². The van der Waals surface area contributed by atoms with Gasteiger partial charge in [0.25, 0.3) is 0 Å². The summed E-state index contributed by atoms with van der Waals surface area (Å²) in [5.74, 6) is -2.15. The van der Waals surface area contributed by atoms with Gasteiger partial charge >= 0.3 is 0 Å². The third kappa shape index (κ3) is 3.36. The fourth-order valence-electron chi connectivity index (χ4n) is 2.05. The molecule has 1 unspecified atom stereocenters. The van der Waals surface area contributed by atoms with Crippen molar-refractivity contribution in [2.75, 3.05) is 6.54 Å². The van der Waals surface area contributed by atoms with E-state index in [-0.39, 0.29) is 18.0 Å². The lowest BCUT2D eigenvalue weighted by Crippen LogP contribution is -2.24. The molecule has 1 aromatic carbocycles. The van der Waals surface area contributed by atoms with E-state index >= 15 is 0 Å². The Morgan fingerprint density at radius 2 is 1.95 bits per heavy atom. The van der Waals surface area contributed by atoms with Gasteiger partial charge in [-0.1, -0.05) is 19.1 Å². The van der Waals surface area contributed by atoms with Crippen LogP contribution in [0.4, 0.5) is 13.2 Å². The fraction of sp³-hybridized carbons (Fsp3) is 0.267. The third-order valence-electron chi connectivity index (χ3n) is 3.01. The molecule has 1 N–H and O–H groups in total. The topological polar surface area (TPSA) is 24.9 Å². The number of aromatic nitrogens is 1. The van der Waals surface area contributed by atoms with Crippen LogP contribution < -0.4 is 5.32 Å². The van der Waals surface area contributed by atoms with Gasteiger partial charge in [0, 0.05) is 0 Å². The van der Waals surface area contributed by atoms with Crippen molar-refractivity contribution in [1.82, 2.24) is 10.3 Å². The molecule has 20 heavy (non-hydrogen) atoms. The van der Waals surface area contributed by atoms with Crippen molar-refractivity contribution in [2.45, 2.75) is 19.4 Å². The number of halogens is 3. The maximum atomic E-state index is 13.7. The fourth-order valence-corrected chi connectivity index (χ4v) is 2.05. The third-order valence-corrected chi connectivity index (χ3v) is 3.01. The minimum absolute atomic E-state index is 0.246. The first-order chi connectivity index (χ1) is 9.61. The Morgan fingerprint density at radius 1 is 1.15 bits per heavy atom. The standard InChI is InChI=1S/C15H15F3N2/c1-2-19-14(13-7-6-11(16)9-20-13)8-10-4-3-5-12(17)15(10)18/h3-7,9,14,19H,2,8H2,1H3.